The van der Waals surface area contributed by atoms with Crippen LogP contribution in [0.4, 0.5) is 5.69 Å². The molecule has 0 aliphatic heterocycles. The molecule has 0 spiro atoms. The van der Waals surface area contributed by atoms with Crippen LogP contribution in [0.2, 0.25) is 0 Å². The van der Waals surface area contributed by atoms with Gasteiger partial charge in [0.1, 0.15) is 0 Å². The Balaban J connectivity index is 2.10. The molecule has 1 aliphatic carbocycles. The van der Waals surface area contributed by atoms with Gasteiger partial charge in [0.05, 0.1) is 11.3 Å². The van der Waals surface area contributed by atoms with Gasteiger partial charge in [0, 0.05) is 32.0 Å². The van der Waals surface area contributed by atoms with Crippen molar-refractivity contribution in [2.75, 3.05) is 25.5 Å². The third-order valence-electron chi connectivity index (χ3n) is 3.94. The Kier molecular flexibility index (Phi) is 4.99. The number of hydrogen-bond acceptors (Lipinski definition) is 3. The molecular formula is C16H25N3O. The highest BCUT2D eigenvalue weighted by molar-refractivity contribution is 5.99. The maximum Gasteiger partial charge on any atom is 0.257 e. The number of rotatable bonds is 6. The minimum atomic E-state index is 0.0722. The predicted octanol–water partition coefficient (Wildman–Crippen LogP) is 3.08. The van der Waals surface area contributed by atoms with Crippen LogP contribution in [0, 0.1) is 12.8 Å². The molecule has 0 atom stereocenters. The van der Waals surface area contributed by atoms with Crippen LogP contribution in [-0.2, 0) is 0 Å². The fraction of sp³-hybridized carbons (Fsp3) is 0.625. The molecule has 4 heteroatoms. The molecule has 0 unspecified atom stereocenters. The van der Waals surface area contributed by atoms with E-state index in [0.29, 0.717) is 11.5 Å². The molecule has 0 bridgehead atoms. The van der Waals surface area contributed by atoms with E-state index in [1.165, 1.54) is 19.3 Å². The smallest absolute Gasteiger partial charge is 0.257 e. The molecule has 1 heterocycles. The fourth-order valence-electron chi connectivity index (χ4n) is 2.49. The molecular weight excluding hydrogens is 250 g/mol. The summed E-state index contributed by atoms with van der Waals surface area (Å²) in [6, 6.07) is 1.96. The van der Waals surface area contributed by atoms with Crippen molar-refractivity contribution in [1.82, 2.24) is 9.88 Å². The molecule has 4 nitrogen and oxygen atoms in total. The number of aryl methyl sites for hydroxylation is 1. The van der Waals surface area contributed by atoms with Crippen LogP contribution in [0.3, 0.4) is 0 Å². The van der Waals surface area contributed by atoms with E-state index < -0.39 is 0 Å². The molecule has 110 valence electrons. The molecule has 0 saturated heterocycles. The Labute approximate surface area is 121 Å². The molecule has 1 N–H and O–H groups in total. The third-order valence-corrected chi connectivity index (χ3v) is 3.94. The molecule has 1 aromatic rings. The summed E-state index contributed by atoms with van der Waals surface area (Å²) < 4.78 is 0. The molecule has 1 aliphatic rings. The highest BCUT2D eigenvalue weighted by Gasteiger charge is 2.23. The van der Waals surface area contributed by atoms with Crippen molar-refractivity contribution in [1.29, 1.82) is 0 Å². The number of pyridine rings is 1. The van der Waals surface area contributed by atoms with Crippen molar-refractivity contribution in [3.8, 4) is 0 Å². The molecule has 1 fully saturated rings. The van der Waals surface area contributed by atoms with Crippen LogP contribution in [0.15, 0.2) is 12.3 Å². The Morgan fingerprint density at radius 1 is 1.50 bits per heavy atom. The third kappa shape index (κ3) is 3.50. The minimum Gasteiger partial charge on any atom is -0.384 e. The van der Waals surface area contributed by atoms with Gasteiger partial charge in [-0.2, -0.15) is 0 Å². The topological polar surface area (TPSA) is 45.2 Å². The van der Waals surface area contributed by atoms with Crippen LogP contribution < -0.4 is 5.32 Å². The van der Waals surface area contributed by atoms with Crippen molar-refractivity contribution in [3.63, 3.8) is 0 Å². The number of nitrogens with zero attached hydrogens (tertiary/aromatic N) is 2. The summed E-state index contributed by atoms with van der Waals surface area (Å²) >= 11 is 0. The average Bonchev–Trinajstić information content (AvgIpc) is 2.39. The molecule has 20 heavy (non-hydrogen) atoms. The number of carbonyl (C=O) groups excluding carboxylic acids is 1. The van der Waals surface area contributed by atoms with Crippen molar-refractivity contribution in [3.05, 3.63) is 23.5 Å². The molecule has 2 rings (SSSR count). The largest absolute Gasteiger partial charge is 0.384 e. The molecule has 1 amide bonds. The molecule has 1 aromatic heterocycles. The number of amides is 1. The Bertz CT molecular complexity index is 469. The number of aromatic nitrogens is 1. The summed E-state index contributed by atoms with van der Waals surface area (Å²) in [5, 5.41) is 3.33. The summed E-state index contributed by atoms with van der Waals surface area (Å²) in [5.41, 5.74) is 2.53. The lowest BCUT2D eigenvalue weighted by molar-refractivity contribution is 0.0745. The van der Waals surface area contributed by atoms with E-state index in [9.17, 15) is 4.79 Å². The van der Waals surface area contributed by atoms with Crippen LogP contribution in [-0.4, -0.2) is 35.9 Å². The van der Waals surface area contributed by atoms with E-state index >= 15 is 0 Å². The Morgan fingerprint density at radius 3 is 2.85 bits per heavy atom. The van der Waals surface area contributed by atoms with Crippen LogP contribution >= 0.6 is 0 Å². The lowest BCUT2D eigenvalue weighted by Crippen LogP contribution is -2.34. The first-order valence-corrected chi connectivity index (χ1v) is 7.57. The number of nitrogens with one attached hydrogen (secondary N) is 1. The van der Waals surface area contributed by atoms with Gasteiger partial charge in [-0.1, -0.05) is 13.3 Å². The standard InChI is InChI=1S/C16H25N3O/c1-4-8-17-15-9-12(2)18-10-14(15)16(20)19(3)11-13-6-5-7-13/h9-10,13H,4-8,11H2,1-3H3,(H,17,18). The van der Waals surface area contributed by atoms with Gasteiger partial charge in [-0.3, -0.25) is 9.78 Å². The molecule has 0 radical (unpaired) electrons. The van der Waals surface area contributed by atoms with Crippen molar-refractivity contribution in [2.45, 2.75) is 39.5 Å². The van der Waals surface area contributed by atoms with Crippen LogP contribution in [0.5, 0.6) is 0 Å². The van der Waals surface area contributed by atoms with Crippen molar-refractivity contribution < 1.29 is 4.79 Å². The van der Waals surface area contributed by atoms with Crippen molar-refractivity contribution >= 4 is 11.6 Å². The lowest BCUT2D eigenvalue weighted by atomic mass is 9.85. The second-order valence-corrected chi connectivity index (χ2v) is 5.78. The monoisotopic (exact) mass is 275 g/mol. The fourth-order valence-corrected chi connectivity index (χ4v) is 2.49. The Hall–Kier alpha value is -1.58. The zero-order valence-corrected chi connectivity index (χ0v) is 12.8. The quantitative estimate of drug-likeness (QED) is 0.867. The second kappa shape index (κ2) is 6.73. The van der Waals surface area contributed by atoms with Gasteiger partial charge in [-0.25, -0.2) is 0 Å². The first-order valence-electron chi connectivity index (χ1n) is 7.57. The van der Waals surface area contributed by atoms with E-state index in [1.807, 2.05) is 24.9 Å². The maximum atomic E-state index is 12.6. The van der Waals surface area contributed by atoms with E-state index in [2.05, 4.69) is 17.2 Å². The summed E-state index contributed by atoms with van der Waals surface area (Å²) in [6.45, 7) is 5.80. The zero-order valence-electron chi connectivity index (χ0n) is 12.8. The van der Waals surface area contributed by atoms with E-state index in [4.69, 9.17) is 0 Å². The summed E-state index contributed by atoms with van der Waals surface area (Å²) in [5.74, 6) is 0.761. The first kappa shape index (κ1) is 14.8. The average molecular weight is 275 g/mol. The van der Waals surface area contributed by atoms with Gasteiger partial charge in [0.15, 0.2) is 0 Å². The van der Waals surface area contributed by atoms with Crippen LogP contribution in [0.25, 0.3) is 0 Å². The number of hydrogen-bond donors (Lipinski definition) is 1. The zero-order chi connectivity index (χ0) is 14.5. The second-order valence-electron chi connectivity index (χ2n) is 5.78. The summed E-state index contributed by atoms with van der Waals surface area (Å²) in [7, 11) is 1.89. The van der Waals surface area contributed by atoms with Gasteiger partial charge < -0.3 is 10.2 Å². The number of anilines is 1. The van der Waals surface area contributed by atoms with Gasteiger partial charge in [0.25, 0.3) is 5.91 Å². The summed E-state index contributed by atoms with van der Waals surface area (Å²) in [4.78, 5) is 18.7. The Morgan fingerprint density at radius 2 is 2.25 bits per heavy atom. The highest BCUT2D eigenvalue weighted by Crippen LogP contribution is 2.27. The van der Waals surface area contributed by atoms with Gasteiger partial charge in [-0.15, -0.1) is 0 Å². The number of carbonyl (C=O) groups is 1. The van der Waals surface area contributed by atoms with Gasteiger partial charge >= 0.3 is 0 Å². The van der Waals surface area contributed by atoms with Gasteiger partial charge in [0.2, 0.25) is 0 Å². The SMILES string of the molecule is CCCNc1cc(C)ncc1C(=O)N(C)CC1CCC1. The normalized spacial score (nSPS) is 14.8. The highest BCUT2D eigenvalue weighted by atomic mass is 16.2. The predicted molar refractivity (Wildman–Crippen MR) is 82.1 cm³/mol. The first-order chi connectivity index (χ1) is 9.61. The van der Waals surface area contributed by atoms with E-state index in [1.54, 1.807) is 6.20 Å². The summed E-state index contributed by atoms with van der Waals surface area (Å²) in [6.07, 6.45) is 6.55. The maximum absolute atomic E-state index is 12.6. The lowest BCUT2D eigenvalue weighted by Gasteiger charge is -2.30. The minimum absolute atomic E-state index is 0.0722. The van der Waals surface area contributed by atoms with Gasteiger partial charge in [-0.05, 0) is 38.2 Å². The van der Waals surface area contributed by atoms with E-state index in [-0.39, 0.29) is 5.91 Å². The van der Waals surface area contributed by atoms with E-state index in [0.717, 1.165) is 30.9 Å². The molecule has 0 aromatic carbocycles. The van der Waals surface area contributed by atoms with Crippen molar-refractivity contribution in [2.24, 2.45) is 5.92 Å². The van der Waals surface area contributed by atoms with Crippen LogP contribution in [0.1, 0.15) is 48.7 Å². The molecule has 1 saturated carbocycles.